The zero-order valence-corrected chi connectivity index (χ0v) is 18.2. The zero-order valence-electron chi connectivity index (χ0n) is 17.4. The molecule has 2 atom stereocenters. The maximum atomic E-state index is 4.82. The molecule has 3 rings (SSSR count). The summed E-state index contributed by atoms with van der Waals surface area (Å²) in [4.78, 5) is 10.8. The van der Waals surface area contributed by atoms with Crippen molar-refractivity contribution in [3.05, 3.63) is 42.0 Å². The first-order valence-corrected chi connectivity index (χ1v) is 11.1. The van der Waals surface area contributed by atoms with Crippen LogP contribution in [0.3, 0.4) is 0 Å². The van der Waals surface area contributed by atoms with Crippen LogP contribution in [0.15, 0.2) is 40.2 Å². The Kier molecular flexibility index (Phi) is 7.36. The number of guanidine groups is 1. The molecule has 2 heterocycles. The first kappa shape index (κ1) is 20.7. The highest BCUT2D eigenvalue weighted by atomic mass is 32.2. The van der Waals surface area contributed by atoms with Crippen LogP contribution in [0.4, 0.5) is 0 Å². The third kappa shape index (κ3) is 5.74. The van der Waals surface area contributed by atoms with Crippen molar-refractivity contribution < 1.29 is 0 Å². The predicted octanol–water partition coefficient (Wildman–Crippen LogP) is 3.45. The molecule has 0 spiro atoms. The average Bonchev–Trinajstić information content (AvgIpc) is 3.11. The summed E-state index contributed by atoms with van der Waals surface area (Å²) < 4.78 is 2.06. The molecule has 28 heavy (non-hydrogen) atoms. The Morgan fingerprint density at radius 2 is 2.07 bits per heavy atom. The molecule has 2 unspecified atom stereocenters. The number of benzene rings is 1. The number of rotatable bonds is 7. The Morgan fingerprint density at radius 3 is 2.79 bits per heavy atom. The van der Waals surface area contributed by atoms with Gasteiger partial charge >= 0.3 is 0 Å². The zero-order chi connectivity index (χ0) is 19.9. The summed E-state index contributed by atoms with van der Waals surface area (Å²) in [7, 11) is 0. The third-order valence-corrected chi connectivity index (χ3v) is 5.76. The lowest BCUT2D eigenvalue weighted by molar-refractivity contribution is 0.391. The number of nitrogens with one attached hydrogen (secondary N) is 2. The molecule has 0 aliphatic carbocycles. The second kappa shape index (κ2) is 9.96. The molecule has 0 fully saturated rings. The second-order valence-electron chi connectivity index (χ2n) is 7.56. The van der Waals surface area contributed by atoms with E-state index in [1.54, 1.807) is 0 Å². The van der Waals surface area contributed by atoms with Crippen LogP contribution in [0, 0.1) is 0 Å². The topological polar surface area (TPSA) is 67.1 Å². The van der Waals surface area contributed by atoms with Gasteiger partial charge in [0.1, 0.15) is 5.82 Å². The van der Waals surface area contributed by atoms with Gasteiger partial charge in [0.25, 0.3) is 0 Å². The first-order valence-electron chi connectivity index (χ1n) is 10.2. The van der Waals surface area contributed by atoms with Crippen LogP contribution in [-0.4, -0.2) is 45.1 Å². The van der Waals surface area contributed by atoms with E-state index in [2.05, 4.69) is 83.4 Å². The van der Waals surface area contributed by atoms with Gasteiger partial charge in [-0.3, -0.25) is 4.99 Å². The van der Waals surface area contributed by atoms with Crippen molar-refractivity contribution in [2.24, 2.45) is 4.99 Å². The Balaban J connectivity index is 1.57. The summed E-state index contributed by atoms with van der Waals surface area (Å²) in [5.74, 6) is 3.31. The van der Waals surface area contributed by atoms with Crippen LogP contribution in [0.1, 0.15) is 51.7 Å². The molecule has 7 heteroatoms. The lowest BCUT2D eigenvalue weighted by Crippen LogP contribution is -2.47. The SMILES string of the molecule is CCNC(=NCC(C)Sc1ccccc1)NC1CCc2nc(C(C)C)nn2C1. The lowest BCUT2D eigenvalue weighted by Gasteiger charge is -2.25. The van der Waals surface area contributed by atoms with Crippen LogP contribution in [0.25, 0.3) is 0 Å². The smallest absolute Gasteiger partial charge is 0.191 e. The fourth-order valence-corrected chi connectivity index (χ4v) is 4.12. The van der Waals surface area contributed by atoms with E-state index in [1.807, 2.05) is 11.8 Å². The predicted molar refractivity (Wildman–Crippen MR) is 117 cm³/mol. The maximum Gasteiger partial charge on any atom is 0.191 e. The van der Waals surface area contributed by atoms with Gasteiger partial charge in [-0.15, -0.1) is 11.8 Å². The fourth-order valence-electron chi connectivity index (χ4n) is 3.19. The highest BCUT2D eigenvalue weighted by Crippen LogP contribution is 2.22. The van der Waals surface area contributed by atoms with Gasteiger partial charge in [-0.1, -0.05) is 39.0 Å². The van der Waals surface area contributed by atoms with E-state index < -0.39 is 0 Å². The van der Waals surface area contributed by atoms with E-state index in [0.717, 1.165) is 50.1 Å². The van der Waals surface area contributed by atoms with Gasteiger partial charge in [0, 0.05) is 35.1 Å². The van der Waals surface area contributed by atoms with E-state index in [-0.39, 0.29) is 0 Å². The molecule has 152 valence electrons. The van der Waals surface area contributed by atoms with Crippen molar-refractivity contribution in [2.45, 2.75) is 69.2 Å². The fraction of sp³-hybridized carbons (Fsp3) is 0.571. The van der Waals surface area contributed by atoms with E-state index in [9.17, 15) is 0 Å². The molecular weight excluding hydrogens is 368 g/mol. The van der Waals surface area contributed by atoms with Crippen molar-refractivity contribution >= 4 is 17.7 Å². The lowest BCUT2D eigenvalue weighted by atomic mass is 10.1. The number of aryl methyl sites for hydroxylation is 1. The van der Waals surface area contributed by atoms with Gasteiger partial charge in [0.05, 0.1) is 13.1 Å². The summed E-state index contributed by atoms with van der Waals surface area (Å²) in [5, 5.41) is 12.1. The van der Waals surface area contributed by atoms with Crippen LogP contribution in [0.5, 0.6) is 0 Å². The summed E-state index contributed by atoms with van der Waals surface area (Å²) in [6, 6.07) is 10.8. The van der Waals surface area contributed by atoms with E-state index >= 15 is 0 Å². The van der Waals surface area contributed by atoms with Gasteiger partial charge in [-0.05, 0) is 25.5 Å². The largest absolute Gasteiger partial charge is 0.357 e. The van der Waals surface area contributed by atoms with Gasteiger partial charge < -0.3 is 10.6 Å². The Labute approximate surface area is 172 Å². The van der Waals surface area contributed by atoms with Crippen molar-refractivity contribution in [3.63, 3.8) is 0 Å². The Hall–Kier alpha value is -2.02. The monoisotopic (exact) mass is 400 g/mol. The van der Waals surface area contributed by atoms with Crippen molar-refractivity contribution in [1.29, 1.82) is 0 Å². The third-order valence-electron chi connectivity index (χ3n) is 4.66. The van der Waals surface area contributed by atoms with E-state index in [1.165, 1.54) is 4.90 Å². The van der Waals surface area contributed by atoms with Gasteiger partial charge in [0.15, 0.2) is 11.8 Å². The standard InChI is InChI=1S/C21H32N6S/c1-5-22-21(23-13-16(4)28-18-9-7-6-8-10-18)24-17-11-12-19-25-20(15(2)3)26-27(19)14-17/h6-10,15-17H,5,11-14H2,1-4H3,(H2,22,23,24). The molecular formula is C21H32N6S. The van der Waals surface area contributed by atoms with E-state index in [0.29, 0.717) is 17.2 Å². The number of hydrogen-bond acceptors (Lipinski definition) is 4. The molecule has 2 N–H and O–H groups in total. The molecule has 1 aliphatic rings. The number of aromatic nitrogens is 3. The van der Waals surface area contributed by atoms with Crippen LogP contribution >= 0.6 is 11.8 Å². The molecule has 0 radical (unpaired) electrons. The molecule has 1 aromatic heterocycles. The normalized spacial score (nSPS) is 18.0. The molecule has 1 aromatic carbocycles. The quantitative estimate of drug-likeness (QED) is 0.423. The summed E-state index contributed by atoms with van der Waals surface area (Å²) in [5.41, 5.74) is 0. The molecule has 1 aliphatic heterocycles. The minimum atomic E-state index is 0.323. The highest BCUT2D eigenvalue weighted by Gasteiger charge is 2.23. The average molecular weight is 401 g/mol. The summed E-state index contributed by atoms with van der Waals surface area (Å²) in [6.07, 6.45) is 2.01. The van der Waals surface area contributed by atoms with Crippen LogP contribution < -0.4 is 10.6 Å². The van der Waals surface area contributed by atoms with Crippen LogP contribution in [-0.2, 0) is 13.0 Å². The van der Waals surface area contributed by atoms with Gasteiger partial charge in [-0.25, -0.2) is 9.67 Å². The maximum absolute atomic E-state index is 4.82. The minimum absolute atomic E-state index is 0.323. The molecule has 0 bridgehead atoms. The molecule has 6 nitrogen and oxygen atoms in total. The number of aliphatic imine (C=N–C) groups is 1. The van der Waals surface area contributed by atoms with Gasteiger partial charge in [-0.2, -0.15) is 5.10 Å². The highest BCUT2D eigenvalue weighted by molar-refractivity contribution is 8.00. The van der Waals surface area contributed by atoms with Crippen LogP contribution in [0.2, 0.25) is 0 Å². The Morgan fingerprint density at radius 1 is 1.29 bits per heavy atom. The first-order chi connectivity index (χ1) is 13.5. The minimum Gasteiger partial charge on any atom is -0.357 e. The second-order valence-corrected chi connectivity index (χ2v) is 9.08. The number of hydrogen-bond donors (Lipinski definition) is 2. The number of fused-ring (bicyclic) bond motifs is 1. The molecule has 2 aromatic rings. The number of nitrogens with zero attached hydrogens (tertiary/aromatic N) is 4. The molecule has 0 saturated carbocycles. The van der Waals surface area contributed by atoms with Crippen molar-refractivity contribution in [3.8, 4) is 0 Å². The molecule has 0 saturated heterocycles. The molecule has 0 amide bonds. The summed E-state index contributed by atoms with van der Waals surface area (Å²) >= 11 is 1.86. The van der Waals surface area contributed by atoms with Crippen molar-refractivity contribution in [1.82, 2.24) is 25.4 Å². The Bertz CT molecular complexity index is 770. The summed E-state index contributed by atoms with van der Waals surface area (Å²) in [6.45, 7) is 11.1. The van der Waals surface area contributed by atoms with Crippen molar-refractivity contribution in [2.75, 3.05) is 13.1 Å². The number of thioether (sulfide) groups is 1. The van der Waals surface area contributed by atoms with Gasteiger partial charge in [0.2, 0.25) is 0 Å². The van der Waals surface area contributed by atoms with E-state index in [4.69, 9.17) is 4.99 Å².